The molecule has 0 spiro atoms. The predicted octanol–water partition coefficient (Wildman–Crippen LogP) is 4.24. The van der Waals surface area contributed by atoms with E-state index in [-0.39, 0.29) is 18.2 Å². The van der Waals surface area contributed by atoms with Crippen LogP contribution in [0, 0.1) is 0 Å². The first kappa shape index (κ1) is 17.4. The molecule has 0 unspecified atom stereocenters. The largest absolute Gasteiger partial charge is 0.492 e. The molecule has 2 rings (SSSR count). The fourth-order valence-electron chi connectivity index (χ4n) is 1.95. The van der Waals surface area contributed by atoms with E-state index >= 15 is 0 Å². The zero-order valence-electron chi connectivity index (χ0n) is 11.6. The Balaban J connectivity index is 1.66. The van der Waals surface area contributed by atoms with Crippen LogP contribution in [-0.4, -0.2) is 20.9 Å². The number of carbonyl (C=O) groups is 1. The van der Waals surface area contributed by atoms with Crippen molar-refractivity contribution < 1.29 is 19.8 Å². The summed E-state index contributed by atoms with van der Waals surface area (Å²) in [4.78, 5) is 16.5. The Bertz CT molecular complexity index is 634. The summed E-state index contributed by atoms with van der Waals surface area (Å²) in [5.74, 6) is -1.10. The minimum Gasteiger partial charge on any atom is -0.492 e. The molecule has 8 heteroatoms. The van der Waals surface area contributed by atoms with Crippen LogP contribution >= 0.6 is 43.2 Å². The summed E-state index contributed by atoms with van der Waals surface area (Å²) < 4.78 is 2.95. The van der Waals surface area contributed by atoms with Crippen LogP contribution in [0.2, 0.25) is 0 Å². The lowest BCUT2D eigenvalue weighted by atomic mass is 10.1. The van der Waals surface area contributed by atoms with Crippen molar-refractivity contribution in [3.8, 4) is 11.8 Å². The lowest BCUT2D eigenvalue weighted by molar-refractivity contribution is -0.145. The third-order valence-corrected chi connectivity index (χ3v) is 5.51. The summed E-state index contributed by atoms with van der Waals surface area (Å²) in [6, 6.07) is 4.60. The Morgan fingerprint density at radius 3 is 2.45 bits per heavy atom. The van der Waals surface area contributed by atoms with Gasteiger partial charge >= 0.3 is 5.97 Å². The highest BCUT2D eigenvalue weighted by Crippen LogP contribution is 2.32. The Morgan fingerprint density at radius 2 is 1.86 bits per heavy atom. The van der Waals surface area contributed by atoms with Crippen LogP contribution in [0.5, 0.6) is 11.8 Å². The third-order valence-electron chi connectivity index (χ3n) is 3.05. The molecule has 2 N–H and O–H groups in total. The maximum atomic E-state index is 11.6. The number of carbonyl (C=O) groups excluding carboxylic acids is 1. The number of aromatic nitrogens is 1. The van der Waals surface area contributed by atoms with Gasteiger partial charge in [0, 0.05) is 18.6 Å². The van der Waals surface area contributed by atoms with Gasteiger partial charge in [-0.15, -0.1) is 16.1 Å². The zero-order valence-corrected chi connectivity index (χ0v) is 15.6. The molecule has 0 aromatic carbocycles. The van der Waals surface area contributed by atoms with E-state index in [0.29, 0.717) is 11.2 Å². The first-order valence-corrected chi connectivity index (χ1v) is 9.12. The van der Waals surface area contributed by atoms with E-state index in [1.165, 1.54) is 17.7 Å². The number of thiophene rings is 1. The summed E-state index contributed by atoms with van der Waals surface area (Å²) in [6.45, 7) is 0. The standard InChI is InChI=1S/C14H15Br2NO4S/c15-10-8-9(14(16)22-10)4-2-1-3-5-13(20)21-17-11(18)6-7-12(17)19/h6-8,18-19H,1-5H2. The number of halogens is 2. The number of unbranched alkanes of at least 4 members (excludes halogenated alkanes) is 2. The minimum absolute atomic E-state index is 0.242. The molecule has 0 amide bonds. The third kappa shape index (κ3) is 4.76. The molecule has 0 fully saturated rings. The molecular weight excluding hydrogens is 438 g/mol. The van der Waals surface area contributed by atoms with Gasteiger partial charge in [-0.25, -0.2) is 4.79 Å². The summed E-state index contributed by atoms with van der Waals surface area (Å²) in [7, 11) is 0. The molecule has 0 bridgehead atoms. The van der Waals surface area contributed by atoms with Gasteiger partial charge in [0.25, 0.3) is 0 Å². The van der Waals surface area contributed by atoms with Crippen LogP contribution in [0.15, 0.2) is 25.8 Å². The average molecular weight is 453 g/mol. The van der Waals surface area contributed by atoms with Crippen molar-refractivity contribution in [1.29, 1.82) is 0 Å². The van der Waals surface area contributed by atoms with E-state index < -0.39 is 5.97 Å². The molecule has 22 heavy (non-hydrogen) atoms. The van der Waals surface area contributed by atoms with Gasteiger partial charge in [0.05, 0.1) is 7.57 Å². The average Bonchev–Trinajstić information content (AvgIpc) is 2.94. The first-order valence-electron chi connectivity index (χ1n) is 6.72. The van der Waals surface area contributed by atoms with Crippen molar-refractivity contribution in [2.75, 3.05) is 0 Å². The van der Waals surface area contributed by atoms with Gasteiger partial charge in [-0.2, -0.15) is 0 Å². The molecule has 0 radical (unpaired) electrons. The Hall–Kier alpha value is -0.990. The van der Waals surface area contributed by atoms with E-state index in [2.05, 4.69) is 37.9 Å². The SMILES string of the molecule is O=C(CCCCCc1cc(Br)sc1Br)On1c(O)ccc1O. The first-order chi connectivity index (χ1) is 10.5. The second-order valence-corrected chi connectivity index (χ2v) is 8.47. The molecule has 120 valence electrons. The molecule has 0 atom stereocenters. The number of rotatable bonds is 7. The number of nitrogens with zero attached hydrogens (tertiary/aromatic N) is 1. The molecule has 2 aromatic rings. The van der Waals surface area contributed by atoms with Crippen LogP contribution < -0.4 is 4.84 Å². The highest BCUT2D eigenvalue weighted by atomic mass is 79.9. The van der Waals surface area contributed by atoms with Crippen LogP contribution in [0.1, 0.15) is 31.2 Å². The Kier molecular flexibility index (Phi) is 6.34. The summed E-state index contributed by atoms with van der Waals surface area (Å²) in [5.41, 5.74) is 1.27. The van der Waals surface area contributed by atoms with Crippen molar-refractivity contribution in [3.63, 3.8) is 0 Å². The predicted molar refractivity (Wildman–Crippen MR) is 91.2 cm³/mol. The topological polar surface area (TPSA) is 71.7 Å². The second-order valence-electron chi connectivity index (χ2n) is 4.72. The van der Waals surface area contributed by atoms with E-state index in [4.69, 9.17) is 4.84 Å². The highest BCUT2D eigenvalue weighted by molar-refractivity contribution is 9.12. The van der Waals surface area contributed by atoms with Crippen LogP contribution in [0.3, 0.4) is 0 Å². The lowest BCUT2D eigenvalue weighted by Gasteiger charge is -2.06. The summed E-state index contributed by atoms with van der Waals surface area (Å²) in [5, 5.41) is 18.7. The molecule has 0 aliphatic rings. The van der Waals surface area contributed by atoms with Gasteiger partial charge in [0.15, 0.2) is 0 Å². The van der Waals surface area contributed by atoms with Gasteiger partial charge in [0.2, 0.25) is 11.8 Å². The quantitative estimate of drug-likeness (QED) is 0.616. The van der Waals surface area contributed by atoms with E-state index in [1.54, 1.807) is 11.3 Å². The fourth-order valence-corrected chi connectivity index (χ4v) is 4.86. The maximum absolute atomic E-state index is 11.6. The smallest absolute Gasteiger partial charge is 0.333 e. The summed E-state index contributed by atoms with van der Waals surface area (Å²) >= 11 is 8.62. The Labute approximate surface area is 148 Å². The van der Waals surface area contributed by atoms with Crippen molar-refractivity contribution >= 4 is 49.2 Å². The van der Waals surface area contributed by atoms with Crippen LogP contribution in [0.25, 0.3) is 0 Å². The Morgan fingerprint density at radius 1 is 1.18 bits per heavy atom. The van der Waals surface area contributed by atoms with Crippen molar-refractivity contribution in [3.05, 3.63) is 31.3 Å². The molecule has 0 aliphatic carbocycles. The molecular formula is C14H15Br2NO4S. The van der Waals surface area contributed by atoms with Crippen molar-refractivity contribution in [2.24, 2.45) is 0 Å². The van der Waals surface area contributed by atoms with Crippen molar-refractivity contribution in [1.82, 2.24) is 4.73 Å². The molecule has 0 aliphatic heterocycles. The van der Waals surface area contributed by atoms with Crippen molar-refractivity contribution in [2.45, 2.75) is 32.1 Å². The number of aryl methyl sites for hydroxylation is 1. The maximum Gasteiger partial charge on any atom is 0.333 e. The monoisotopic (exact) mass is 451 g/mol. The van der Waals surface area contributed by atoms with Gasteiger partial charge in [-0.1, -0.05) is 6.42 Å². The molecule has 0 saturated carbocycles. The van der Waals surface area contributed by atoms with Crippen LogP contribution in [-0.2, 0) is 11.2 Å². The molecule has 2 aromatic heterocycles. The van der Waals surface area contributed by atoms with Gasteiger partial charge in [-0.3, -0.25) is 0 Å². The summed E-state index contributed by atoms with van der Waals surface area (Å²) in [6.07, 6.45) is 3.78. The zero-order chi connectivity index (χ0) is 16.1. The van der Waals surface area contributed by atoms with E-state index in [9.17, 15) is 15.0 Å². The van der Waals surface area contributed by atoms with Gasteiger partial charge in [0.1, 0.15) is 0 Å². The van der Waals surface area contributed by atoms with Crippen LogP contribution in [0.4, 0.5) is 0 Å². The minimum atomic E-state index is -0.485. The normalized spacial score (nSPS) is 10.8. The molecule has 0 saturated heterocycles. The van der Waals surface area contributed by atoms with Gasteiger partial charge < -0.3 is 15.1 Å². The number of hydrogen-bond acceptors (Lipinski definition) is 5. The van der Waals surface area contributed by atoms with Gasteiger partial charge in [-0.05, 0) is 62.8 Å². The molecule has 2 heterocycles. The molecule has 5 nitrogen and oxygen atoms in total. The number of aromatic hydroxyl groups is 2. The fraction of sp³-hybridized carbons (Fsp3) is 0.357. The second kappa shape index (κ2) is 8.03. The van der Waals surface area contributed by atoms with E-state index in [1.807, 2.05) is 0 Å². The number of hydrogen-bond donors (Lipinski definition) is 2. The lowest BCUT2D eigenvalue weighted by Crippen LogP contribution is -2.18. The van der Waals surface area contributed by atoms with E-state index in [0.717, 1.165) is 26.8 Å². The highest BCUT2D eigenvalue weighted by Gasteiger charge is 2.12.